The summed E-state index contributed by atoms with van der Waals surface area (Å²) in [6.07, 6.45) is 9.27. The van der Waals surface area contributed by atoms with Gasteiger partial charge in [0, 0.05) is 13.1 Å². The van der Waals surface area contributed by atoms with Crippen LogP contribution in [0.25, 0.3) is 5.69 Å². The van der Waals surface area contributed by atoms with E-state index in [1.165, 1.54) is 4.80 Å². The van der Waals surface area contributed by atoms with Gasteiger partial charge in [-0.05, 0) is 43.7 Å². The van der Waals surface area contributed by atoms with E-state index in [2.05, 4.69) is 37.7 Å². The molecule has 1 amide bonds. The Morgan fingerprint density at radius 1 is 1.13 bits per heavy atom. The number of nitrogens with zero attached hydrogens (tertiary/aromatic N) is 5. The summed E-state index contributed by atoms with van der Waals surface area (Å²) in [5.74, 6) is 0.990. The Morgan fingerprint density at radius 3 is 2.60 bits per heavy atom. The first-order valence-electron chi connectivity index (χ1n) is 10.0. The van der Waals surface area contributed by atoms with Crippen LogP contribution >= 0.6 is 11.6 Å². The van der Waals surface area contributed by atoms with Gasteiger partial charge in [0.15, 0.2) is 0 Å². The number of nitrogens with one attached hydrogen (secondary N) is 2. The second-order valence-electron chi connectivity index (χ2n) is 7.23. The predicted molar refractivity (Wildman–Crippen MR) is 117 cm³/mol. The molecule has 0 spiro atoms. The molecule has 2 aromatic heterocycles. The minimum absolute atomic E-state index is 0.111. The molecular weight excluding hydrogens is 402 g/mol. The van der Waals surface area contributed by atoms with Crippen molar-refractivity contribution < 1.29 is 4.79 Å². The number of benzene rings is 1. The van der Waals surface area contributed by atoms with Gasteiger partial charge in [-0.25, -0.2) is 9.97 Å². The lowest BCUT2D eigenvalue weighted by molar-refractivity contribution is 0.0952. The average Bonchev–Trinajstić information content (AvgIpc) is 3.26. The summed E-state index contributed by atoms with van der Waals surface area (Å²) in [6, 6.07) is 5.62. The number of carbonyl (C=O) groups is 1. The summed E-state index contributed by atoms with van der Waals surface area (Å²) in [5.41, 5.74) is 2.24. The Balaban J connectivity index is 1.41. The van der Waals surface area contributed by atoms with Crippen molar-refractivity contribution >= 4 is 23.5 Å². The standard InChI is InChI=1S/C21H26ClN7O/c1-15(8-10-24-21-25-13-17(22)14-26-21)5-4-9-23-20(30)18-7-3-6-16(2)19(18)29-27-11-12-28-29/h3,6-7,11-15H,4-5,8-10H2,1-2H3,(H,23,30)(H,24,25,26). The monoisotopic (exact) mass is 427 g/mol. The number of carbonyl (C=O) groups excluding carboxylic acids is 1. The highest BCUT2D eigenvalue weighted by Crippen LogP contribution is 2.18. The van der Waals surface area contributed by atoms with Gasteiger partial charge in [-0.3, -0.25) is 4.79 Å². The van der Waals surface area contributed by atoms with Crippen LogP contribution in [0.4, 0.5) is 5.95 Å². The zero-order chi connectivity index (χ0) is 21.3. The minimum atomic E-state index is -0.111. The van der Waals surface area contributed by atoms with Crippen molar-refractivity contribution in [2.45, 2.75) is 33.1 Å². The zero-order valence-corrected chi connectivity index (χ0v) is 17.9. The molecule has 0 fully saturated rings. The van der Waals surface area contributed by atoms with Crippen molar-refractivity contribution in [2.75, 3.05) is 18.4 Å². The third-order valence-corrected chi connectivity index (χ3v) is 5.00. The molecule has 30 heavy (non-hydrogen) atoms. The number of rotatable bonds is 10. The van der Waals surface area contributed by atoms with Crippen LogP contribution < -0.4 is 10.6 Å². The summed E-state index contributed by atoms with van der Waals surface area (Å²) in [5, 5.41) is 15.1. The number of anilines is 1. The van der Waals surface area contributed by atoms with Crippen molar-refractivity contribution in [3.8, 4) is 5.69 Å². The highest BCUT2D eigenvalue weighted by molar-refractivity contribution is 6.30. The number of hydrogen-bond donors (Lipinski definition) is 2. The number of amides is 1. The predicted octanol–water partition coefficient (Wildman–Crippen LogP) is 3.67. The molecule has 0 aliphatic rings. The second kappa shape index (κ2) is 10.7. The van der Waals surface area contributed by atoms with Crippen LogP contribution in [0.5, 0.6) is 0 Å². The first-order chi connectivity index (χ1) is 14.5. The van der Waals surface area contributed by atoms with E-state index in [4.69, 9.17) is 11.6 Å². The first kappa shape index (κ1) is 21.7. The summed E-state index contributed by atoms with van der Waals surface area (Å²) >= 11 is 5.78. The summed E-state index contributed by atoms with van der Waals surface area (Å²) in [6.45, 7) is 5.56. The molecule has 0 aliphatic carbocycles. The fourth-order valence-corrected chi connectivity index (χ4v) is 3.26. The smallest absolute Gasteiger partial charge is 0.253 e. The Bertz CT molecular complexity index is 944. The maximum absolute atomic E-state index is 12.7. The summed E-state index contributed by atoms with van der Waals surface area (Å²) < 4.78 is 0. The van der Waals surface area contributed by atoms with E-state index in [1.807, 2.05) is 19.1 Å². The lowest BCUT2D eigenvalue weighted by atomic mass is 10.0. The van der Waals surface area contributed by atoms with Gasteiger partial charge < -0.3 is 10.6 Å². The van der Waals surface area contributed by atoms with Crippen LogP contribution in [0.15, 0.2) is 43.0 Å². The van der Waals surface area contributed by atoms with Gasteiger partial charge in [0.1, 0.15) is 5.69 Å². The van der Waals surface area contributed by atoms with Gasteiger partial charge in [0.05, 0.1) is 35.4 Å². The van der Waals surface area contributed by atoms with E-state index < -0.39 is 0 Å². The summed E-state index contributed by atoms with van der Waals surface area (Å²) in [7, 11) is 0. The van der Waals surface area contributed by atoms with Gasteiger partial charge in [0.2, 0.25) is 5.95 Å². The molecule has 0 bridgehead atoms. The van der Waals surface area contributed by atoms with E-state index in [9.17, 15) is 4.79 Å². The van der Waals surface area contributed by atoms with Crippen molar-refractivity contribution in [3.05, 3.63) is 59.1 Å². The van der Waals surface area contributed by atoms with Crippen LogP contribution in [0.1, 0.15) is 42.1 Å². The quantitative estimate of drug-likeness (QED) is 0.479. The number of aryl methyl sites for hydroxylation is 1. The van der Waals surface area contributed by atoms with Crippen molar-refractivity contribution in [1.82, 2.24) is 30.3 Å². The second-order valence-corrected chi connectivity index (χ2v) is 7.67. The Kier molecular flexibility index (Phi) is 7.73. The first-order valence-corrected chi connectivity index (χ1v) is 10.4. The molecule has 1 atom stereocenters. The van der Waals surface area contributed by atoms with Crippen LogP contribution in [-0.4, -0.2) is 44.0 Å². The number of para-hydroxylation sites is 1. The van der Waals surface area contributed by atoms with Crippen molar-refractivity contribution in [2.24, 2.45) is 5.92 Å². The van der Waals surface area contributed by atoms with Gasteiger partial charge >= 0.3 is 0 Å². The molecule has 0 saturated heterocycles. The molecule has 1 unspecified atom stereocenters. The summed E-state index contributed by atoms with van der Waals surface area (Å²) in [4.78, 5) is 22.4. The van der Waals surface area contributed by atoms with E-state index in [1.54, 1.807) is 30.9 Å². The van der Waals surface area contributed by atoms with Crippen LogP contribution in [0.3, 0.4) is 0 Å². The van der Waals surface area contributed by atoms with E-state index in [-0.39, 0.29) is 5.91 Å². The fraction of sp³-hybridized carbons (Fsp3) is 0.381. The third kappa shape index (κ3) is 6.00. The SMILES string of the molecule is Cc1cccc(C(=O)NCCCC(C)CCNc2ncc(Cl)cn2)c1-n1nccn1. The van der Waals surface area contributed by atoms with Gasteiger partial charge in [-0.15, -0.1) is 0 Å². The maximum atomic E-state index is 12.7. The minimum Gasteiger partial charge on any atom is -0.354 e. The number of hydrogen-bond acceptors (Lipinski definition) is 6. The number of halogens is 1. The topological polar surface area (TPSA) is 97.6 Å². The molecule has 8 nitrogen and oxygen atoms in total. The molecule has 2 N–H and O–H groups in total. The molecule has 2 heterocycles. The van der Waals surface area contributed by atoms with Gasteiger partial charge in [-0.1, -0.05) is 30.7 Å². The van der Waals surface area contributed by atoms with Crippen LogP contribution in [-0.2, 0) is 0 Å². The van der Waals surface area contributed by atoms with Crippen LogP contribution in [0.2, 0.25) is 5.02 Å². The normalized spacial score (nSPS) is 11.8. The Morgan fingerprint density at radius 2 is 1.87 bits per heavy atom. The lowest BCUT2D eigenvalue weighted by Crippen LogP contribution is -2.26. The van der Waals surface area contributed by atoms with Gasteiger partial charge in [-0.2, -0.15) is 15.0 Å². The van der Waals surface area contributed by atoms with Crippen molar-refractivity contribution in [3.63, 3.8) is 0 Å². The highest BCUT2D eigenvalue weighted by atomic mass is 35.5. The molecule has 0 radical (unpaired) electrons. The van der Waals surface area contributed by atoms with Crippen LogP contribution in [0, 0.1) is 12.8 Å². The fourth-order valence-electron chi connectivity index (χ4n) is 3.16. The van der Waals surface area contributed by atoms with E-state index in [0.29, 0.717) is 34.7 Å². The Labute approximate surface area is 181 Å². The molecule has 1 aromatic carbocycles. The molecular formula is C21H26ClN7O. The largest absolute Gasteiger partial charge is 0.354 e. The molecule has 3 rings (SSSR count). The zero-order valence-electron chi connectivity index (χ0n) is 17.2. The molecule has 0 aliphatic heterocycles. The Hall–Kier alpha value is -3.00. The lowest BCUT2D eigenvalue weighted by Gasteiger charge is -2.14. The van der Waals surface area contributed by atoms with Gasteiger partial charge in [0.25, 0.3) is 5.91 Å². The highest BCUT2D eigenvalue weighted by Gasteiger charge is 2.15. The molecule has 3 aromatic rings. The molecule has 9 heteroatoms. The van der Waals surface area contributed by atoms with E-state index >= 15 is 0 Å². The molecule has 0 saturated carbocycles. The maximum Gasteiger partial charge on any atom is 0.253 e. The molecule has 158 valence electrons. The average molecular weight is 428 g/mol. The third-order valence-electron chi connectivity index (χ3n) is 4.80. The van der Waals surface area contributed by atoms with Crippen molar-refractivity contribution in [1.29, 1.82) is 0 Å². The number of aromatic nitrogens is 5. The van der Waals surface area contributed by atoms with E-state index in [0.717, 1.165) is 31.4 Å².